The number of rotatable bonds is 7. The fraction of sp³-hybridized carbons (Fsp3) is 0.158. The Kier molecular flexibility index (Phi) is 16.0. The van der Waals surface area contributed by atoms with Crippen LogP contribution in [-0.2, 0) is 56.0 Å². The predicted molar refractivity (Wildman–Crippen MR) is 260 cm³/mol. The molecule has 0 aliphatic heterocycles. The van der Waals surface area contributed by atoms with Crippen molar-refractivity contribution >= 4 is 49.5 Å². The number of alkyl halides is 24. The van der Waals surface area contributed by atoms with E-state index >= 15 is 0 Å². The van der Waals surface area contributed by atoms with E-state index in [9.17, 15) is 105 Å². The largest absolute Gasteiger partial charge is 0.416 e. The molecule has 9 aromatic rings. The van der Waals surface area contributed by atoms with Crippen molar-refractivity contribution in [3.63, 3.8) is 0 Å². The van der Waals surface area contributed by atoms with Gasteiger partial charge in [0.25, 0.3) is 0 Å². The Balaban J connectivity index is 0.000000280. The quantitative estimate of drug-likeness (QED) is 0.0673. The van der Waals surface area contributed by atoms with Crippen LogP contribution in [0.15, 0.2) is 176 Å². The Bertz CT molecular complexity index is 3400. The molecule has 2 nitrogen and oxygen atoms in total. The lowest BCUT2D eigenvalue weighted by Gasteiger charge is -2.46. The Labute approximate surface area is 457 Å². The molecule has 0 radical (unpaired) electrons. The van der Waals surface area contributed by atoms with Crippen molar-refractivity contribution in [2.24, 2.45) is 0 Å². The van der Waals surface area contributed by atoms with Gasteiger partial charge in [0, 0.05) is 5.56 Å². The van der Waals surface area contributed by atoms with Gasteiger partial charge in [0.05, 0.1) is 62.5 Å². The van der Waals surface area contributed by atoms with E-state index in [0.717, 1.165) is 12.2 Å². The average Bonchev–Trinajstić information content (AvgIpc) is 1.09. The van der Waals surface area contributed by atoms with Gasteiger partial charge in [-0.05, 0) is 51.9 Å². The molecular weight excluding hydrogens is 1180 g/mol. The summed E-state index contributed by atoms with van der Waals surface area (Å²) in [6.45, 7) is 0.816. The predicted octanol–water partition coefficient (Wildman–Crippen LogP) is 16.6. The van der Waals surface area contributed by atoms with Crippen molar-refractivity contribution in [3.05, 3.63) is 226 Å². The Morgan fingerprint density at radius 1 is 0.321 bits per heavy atom. The first kappa shape index (κ1) is 61.8. The van der Waals surface area contributed by atoms with Gasteiger partial charge >= 0.3 is 49.4 Å². The van der Waals surface area contributed by atoms with Crippen LogP contribution in [0.2, 0.25) is 0 Å². The molecule has 1 aromatic heterocycles. The van der Waals surface area contributed by atoms with Crippen LogP contribution in [0.5, 0.6) is 0 Å². The van der Waals surface area contributed by atoms with Crippen molar-refractivity contribution in [2.75, 3.05) is 0 Å². The standard InChI is InChI=1S/C32H12BF24.C25H19N2/c34-25(35,36)13-1-14(26(37,38)39)6-21(5-13)33(22-7-15(27(40,41)42)2-16(8-22)28(43,44)45,23-9-17(29(46,47)48)3-18(10-23)30(49,50)51)24-11-19(31(52,53)54)4-20(12-24)32(55,56)57;1-2-8-19(9-3-1)18-27-15-14-26-17-24(27)25-22-12-6-4-10-20(22)16-21-11-5-7-13-23(21)25/h1-12H;1-17H,18H2/q-1;+1. The molecule has 9 rings (SSSR count). The molecule has 0 spiro atoms. The summed E-state index contributed by atoms with van der Waals surface area (Å²) in [4.78, 5) is 4.46. The maximum Gasteiger partial charge on any atom is 0.416 e. The van der Waals surface area contributed by atoms with Crippen LogP contribution >= 0.6 is 0 Å². The Hall–Kier alpha value is -8.26. The number of hydrogen-bond donors (Lipinski definition) is 0. The van der Waals surface area contributed by atoms with Crippen molar-refractivity contribution in [3.8, 4) is 11.3 Å². The first-order valence-corrected chi connectivity index (χ1v) is 23.8. The molecule has 0 bridgehead atoms. The van der Waals surface area contributed by atoms with Crippen molar-refractivity contribution < 1.29 is 110 Å². The highest BCUT2D eigenvalue weighted by molar-refractivity contribution is 7.20. The lowest BCUT2D eigenvalue weighted by Crippen LogP contribution is -2.75. The third-order valence-corrected chi connectivity index (χ3v) is 13.5. The lowest BCUT2D eigenvalue weighted by atomic mass is 9.12. The monoisotopic (exact) mass is 1210 g/mol. The molecule has 1 heterocycles. The summed E-state index contributed by atoms with van der Waals surface area (Å²) in [6, 6.07) is 21.2. The van der Waals surface area contributed by atoms with E-state index in [1.165, 1.54) is 32.7 Å². The van der Waals surface area contributed by atoms with Crippen LogP contribution < -0.4 is 26.4 Å². The minimum absolute atomic E-state index is 0.691. The maximum absolute atomic E-state index is 14.2. The van der Waals surface area contributed by atoms with E-state index in [1.807, 2.05) is 12.4 Å². The molecule has 84 heavy (non-hydrogen) atoms. The number of aromatic nitrogens is 2. The highest BCUT2D eigenvalue weighted by atomic mass is 19.4. The SMILES string of the molecule is FC(F)(F)c1cc([B-](c2cc(C(F)(F)F)cc(C(F)(F)F)c2)(c2cc(C(F)(F)F)cc(C(F)(F)F)c2)c2cc(C(F)(F)F)cc(C(F)(F)F)c2)cc(C(F)(F)F)c1.c1ccc(C[n+]2ccncc2-c2c3ccccc3cc3ccccc23)cc1. The minimum Gasteiger partial charge on any atom is -0.252 e. The van der Waals surface area contributed by atoms with E-state index in [0.29, 0.717) is 0 Å². The summed E-state index contributed by atoms with van der Waals surface area (Å²) >= 11 is 0. The second kappa shape index (κ2) is 21.7. The fourth-order valence-electron chi connectivity index (χ4n) is 9.87. The zero-order valence-corrected chi connectivity index (χ0v) is 41.5. The third kappa shape index (κ3) is 13.1. The summed E-state index contributed by atoms with van der Waals surface area (Å²) < 4.78 is 343. The zero-order chi connectivity index (χ0) is 62.0. The first-order chi connectivity index (χ1) is 38.7. The average molecular weight is 1210 g/mol. The van der Waals surface area contributed by atoms with Gasteiger partial charge in [0.15, 0.2) is 12.7 Å². The van der Waals surface area contributed by atoms with Gasteiger partial charge in [0.2, 0.25) is 5.69 Å². The van der Waals surface area contributed by atoms with Crippen LogP contribution in [0.4, 0.5) is 105 Å². The Morgan fingerprint density at radius 3 is 0.881 bits per heavy atom. The third-order valence-electron chi connectivity index (χ3n) is 13.5. The van der Waals surface area contributed by atoms with Crippen molar-refractivity contribution in [1.82, 2.24) is 4.98 Å². The first-order valence-electron chi connectivity index (χ1n) is 23.8. The van der Waals surface area contributed by atoms with Gasteiger partial charge in [-0.15, -0.1) is 0 Å². The number of benzene rings is 8. The zero-order valence-electron chi connectivity index (χ0n) is 41.5. The number of nitrogens with zero attached hydrogens (tertiary/aromatic N) is 2. The minimum atomic E-state index is -6.13. The highest BCUT2D eigenvalue weighted by Crippen LogP contribution is 2.42. The molecule has 0 N–H and O–H groups in total. The topological polar surface area (TPSA) is 16.8 Å². The molecule has 0 amide bonds. The van der Waals surface area contributed by atoms with Crippen LogP contribution in [0, 0.1) is 0 Å². The van der Waals surface area contributed by atoms with Gasteiger partial charge in [-0.1, -0.05) is 127 Å². The summed E-state index contributed by atoms with van der Waals surface area (Å²) in [5, 5.41) is 5.01. The molecule has 0 unspecified atom stereocenters. The van der Waals surface area contributed by atoms with Gasteiger partial charge in [0.1, 0.15) is 6.15 Å². The van der Waals surface area contributed by atoms with Gasteiger partial charge < -0.3 is 0 Å². The molecule has 0 fully saturated rings. The molecule has 0 atom stereocenters. The Morgan fingerprint density at radius 2 is 0.595 bits per heavy atom. The summed E-state index contributed by atoms with van der Waals surface area (Å²) in [6.07, 6.45) is -48.9. The smallest absolute Gasteiger partial charge is 0.252 e. The van der Waals surface area contributed by atoms with E-state index in [4.69, 9.17) is 0 Å². The molecular formula is C57H31BF24N2. The van der Waals surface area contributed by atoms with Crippen LogP contribution in [0.1, 0.15) is 50.1 Å². The number of fused-ring (bicyclic) bond motifs is 2. The summed E-state index contributed by atoms with van der Waals surface area (Å²) in [5.74, 6) is 0. The van der Waals surface area contributed by atoms with Crippen LogP contribution in [-0.4, -0.2) is 11.1 Å². The van der Waals surface area contributed by atoms with Crippen molar-refractivity contribution in [2.45, 2.75) is 56.0 Å². The van der Waals surface area contributed by atoms with Gasteiger partial charge in [-0.25, -0.2) is 0 Å². The molecule has 0 aliphatic carbocycles. The lowest BCUT2D eigenvalue weighted by molar-refractivity contribution is -0.677. The normalized spacial score (nSPS) is 13.3. The van der Waals surface area contributed by atoms with E-state index in [2.05, 4.69) is 101 Å². The second-order valence-corrected chi connectivity index (χ2v) is 19.0. The summed E-state index contributed by atoms with van der Waals surface area (Å²) in [7, 11) is 0. The maximum atomic E-state index is 14.2. The van der Waals surface area contributed by atoms with E-state index < -0.39 is 195 Å². The van der Waals surface area contributed by atoms with E-state index in [1.54, 1.807) is 0 Å². The molecule has 0 saturated carbocycles. The second-order valence-electron chi connectivity index (χ2n) is 19.0. The fourth-order valence-corrected chi connectivity index (χ4v) is 9.87. The van der Waals surface area contributed by atoms with E-state index in [-0.39, 0.29) is 0 Å². The molecule has 440 valence electrons. The molecule has 27 heteroatoms. The van der Waals surface area contributed by atoms with Gasteiger partial charge in [-0.3, -0.25) is 4.98 Å². The molecule has 8 aromatic carbocycles. The van der Waals surface area contributed by atoms with Crippen LogP contribution in [0.25, 0.3) is 32.8 Å². The molecule has 0 aliphatic rings. The number of hydrogen-bond acceptors (Lipinski definition) is 1. The van der Waals surface area contributed by atoms with Crippen LogP contribution in [0.3, 0.4) is 0 Å². The van der Waals surface area contributed by atoms with Crippen molar-refractivity contribution in [1.29, 1.82) is 0 Å². The number of halogens is 24. The van der Waals surface area contributed by atoms with Gasteiger partial charge in [-0.2, -0.15) is 132 Å². The highest BCUT2D eigenvalue weighted by Gasteiger charge is 2.47. The molecule has 0 saturated heterocycles. The summed E-state index contributed by atoms with van der Waals surface area (Å²) in [5.41, 5.74) is -26.6.